The van der Waals surface area contributed by atoms with Crippen LogP contribution in [0.2, 0.25) is 0 Å². The van der Waals surface area contributed by atoms with E-state index in [0.29, 0.717) is 6.04 Å². The monoisotopic (exact) mass is 250 g/mol. The molecule has 2 amide bonds. The maximum Gasteiger partial charge on any atom is 0.246 e. The molecule has 2 saturated heterocycles. The maximum atomic E-state index is 12.6. The topological polar surface area (TPSA) is 40.6 Å². The number of carbonyl (C=O) groups is 2. The Morgan fingerprint density at radius 1 is 0.944 bits per heavy atom. The molecule has 100 valence electrons. The molecule has 4 heteroatoms. The highest BCUT2D eigenvalue weighted by Gasteiger charge is 2.47. The molecule has 3 aliphatic rings. The first kappa shape index (κ1) is 12.0. The number of piperidine rings is 1. The van der Waals surface area contributed by atoms with Crippen molar-refractivity contribution in [3.63, 3.8) is 0 Å². The number of fused-ring (bicyclic) bond motifs is 1. The van der Waals surface area contributed by atoms with Gasteiger partial charge in [0, 0.05) is 12.6 Å². The normalized spacial score (nSPS) is 34.1. The van der Waals surface area contributed by atoms with Crippen molar-refractivity contribution < 1.29 is 9.59 Å². The minimum absolute atomic E-state index is 0.150. The van der Waals surface area contributed by atoms with E-state index < -0.39 is 0 Å². The number of hydrogen-bond acceptors (Lipinski definition) is 2. The Morgan fingerprint density at radius 3 is 2.33 bits per heavy atom. The summed E-state index contributed by atoms with van der Waals surface area (Å²) in [5.41, 5.74) is 0. The summed E-state index contributed by atoms with van der Waals surface area (Å²) in [6.45, 7) is 2.68. The summed E-state index contributed by atoms with van der Waals surface area (Å²) >= 11 is 0. The van der Waals surface area contributed by atoms with Crippen molar-refractivity contribution in [2.45, 2.75) is 70.0 Å². The standard InChI is InChI=1S/C14H22N2O2/c1-10-13(17)15-9-5-4-8-12(15)14(18)16(10)11-6-2-3-7-11/h10-12H,2-9H2,1H3. The minimum Gasteiger partial charge on any atom is -0.329 e. The Morgan fingerprint density at radius 2 is 1.61 bits per heavy atom. The van der Waals surface area contributed by atoms with Gasteiger partial charge in [0.25, 0.3) is 0 Å². The number of amides is 2. The van der Waals surface area contributed by atoms with Crippen molar-refractivity contribution in [3.8, 4) is 0 Å². The van der Waals surface area contributed by atoms with Crippen LogP contribution in [0.25, 0.3) is 0 Å². The van der Waals surface area contributed by atoms with Gasteiger partial charge < -0.3 is 9.80 Å². The smallest absolute Gasteiger partial charge is 0.246 e. The molecule has 0 radical (unpaired) electrons. The molecule has 0 aromatic heterocycles. The summed E-state index contributed by atoms with van der Waals surface area (Å²) in [5.74, 6) is 0.389. The Hall–Kier alpha value is -1.06. The second-order valence-corrected chi connectivity index (χ2v) is 5.90. The molecule has 2 unspecified atom stereocenters. The third-order valence-electron chi connectivity index (χ3n) is 4.82. The fourth-order valence-corrected chi connectivity index (χ4v) is 3.85. The molecular weight excluding hydrogens is 228 g/mol. The van der Waals surface area contributed by atoms with Gasteiger partial charge in [-0.2, -0.15) is 0 Å². The van der Waals surface area contributed by atoms with Gasteiger partial charge in [-0.3, -0.25) is 9.59 Å². The van der Waals surface area contributed by atoms with E-state index in [-0.39, 0.29) is 23.9 Å². The zero-order valence-electron chi connectivity index (χ0n) is 11.1. The van der Waals surface area contributed by atoms with E-state index in [4.69, 9.17) is 0 Å². The third kappa shape index (κ3) is 1.73. The number of hydrogen-bond donors (Lipinski definition) is 0. The fraction of sp³-hybridized carbons (Fsp3) is 0.857. The van der Waals surface area contributed by atoms with Crippen LogP contribution in [0.3, 0.4) is 0 Å². The van der Waals surface area contributed by atoms with Crippen LogP contribution < -0.4 is 0 Å². The molecule has 1 aliphatic carbocycles. The van der Waals surface area contributed by atoms with Crippen LogP contribution in [0.5, 0.6) is 0 Å². The summed E-state index contributed by atoms with van der Waals surface area (Å²) in [4.78, 5) is 28.8. The number of carbonyl (C=O) groups excluding carboxylic acids is 2. The van der Waals surface area contributed by atoms with Crippen LogP contribution in [0.1, 0.15) is 51.9 Å². The molecule has 4 nitrogen and oxygen atoms in total. The van der Waals surface area contributed by atoms with E-state index >= 15 is 0 Å². The second kappa shape index (κ2) is 4.56. The lowest BCUT2D eigenvalue weighted by molar-refractivity contribution is -0.165. The van der Waals surface area contributed by atoms with Crippen molar-refractivity contribution in [2.24, 2.45) is 0 Å². The van der Waals surface area contributed by atoms with Crippen molar-refractivity contribution in [3.05, 3.63) is 0 Å². The highest BCUT2D eigenvalue weighted by atomic mass is 16.2. The Kier molecular flexibility index (Phi) is 3.04. The number of piperazine rings is 1. The van der Waals surface area contributed by atoms with Gasteiger partial charge in [0.1, 0.15) is 12.1 Å². The minimum atomic E-state index is -0.241. The number of rotatable bonds is 1. The molecule has 3 fully saturated rings. The van der Waals surface area contributed by atoms with Gasteiger partial charge in [-0.05, 0) is 39.0 Å². The first-order valence-corrected chi connectivity index (χ1v) is 7.33. The molecule has 0 bridgehead atoms. The van der Waals surface area contributed by atoms with Gasteiger partial charge >= 0.3 is 0 Å². The zero-order chi connectivity index (χ0) is 12.7. The Balaban J connectivity index is 1.85. The van der Waals surface area contributed by atoms with Crippen LogP contribution in [0, 0.1) is 0 Å². The third-order valence-corrected chi connectivity index (χ3v) is 4.82. The first-order valence-electron chi connectivity index (χ1n) is 7.33. The van der Waals surface area contributed by atoms with Gasteiger partial charge in [0.2, 0.25) is 11.8 Å². The fourth-order valence-electron chi connectivity index (χ4n) is 3.85. The van der Waals surface area contributed by atoms with E-state index in [0.717, 1.165) is 38.6 Å². The summed E-state index contributed by atoms with van der Waals surface area (Å²) in [7, 11) is 0. The highest BCUT2D eigenvalue weighted by molar-refractivity contribution is 5.97. The molecule has 2 heterocycles. The molecular formula is C14H22N2O2. The molecule has 0 aromatic carbocycles. The molecule has 18 heavy (non-hydrogen) atoms. The summed E-state index contributed by atoms with van der Waals surface area (Å²) < 4.78 is 0. The van der Waals surface area contributed by atoms with Gasteiger partial charge in [0.05, 0.1) is 0 Å². The van der Waals surface area contributed by atoms with Gasteiger partial charge in [-0.1, -0.05) is 12.8 Å². The van der Waals surface area contributed by atoms with E-state index in [1.165, 1.54) is 12.8 Å². The predicted molar refractivity (Wildman–Crippen MR) is 67.9 cm³/mol. The molecule has 3 rings (SSSR count). The predicted octanol–water partition coefficient (Wildman–Crippen LogP) is 1.54. The van der Waals surface area contributed by atoms with Crippen LogP contribution in [-0.4, -0.2) is 46.3 Å². The van der Waals surface area contributed by atoms with E-state index in [1.54, 1.807) is 0 Å². The van der Waals surface area contributed by atoms with Crippen LogP contribution >= 0.6 is 0 Å². The van der Waals surface area contributed by atoms with Crippen molar-refractivity contribution >= 4 is 11.8 Å². The molecule has 1 saturated carbocycles. The van der Waals surface area contributed by atoms with Gasteiger partial charge in [-0.15, -0.1) is 0 Å². The quantitative estimate of drug-likeness (QED) is 0.708. The lowest BCUT2D eigenvalue weighted by atomic mass is 9.94. The summed E-state index contributed by atoms with van der Waals surface area (Å²) in [6.07, 6.45) is 7.54. The van der Waals surface area contributed by atoms with Crippen LogP contribution in [-0.2, 0) is 9.59 Å². The maximum absolute atomic E-state index is 12.6. The number of nitrogens with zero attached hydrogens (tertiary/aromatic N) is 2. The zero-order valence-corrected chi connectivity index (χ0v) is 11.1. The summed E-state index contributed by atoms with van der Waals surface area (Å²) in [6, 6.07) is -0.0708. The second-order valence-electron chi connectivity index (χ2n) is 5.90. The SMILES string of the molecule is CC1C(=O)N2CCCCC2C(=O)N1C1CCCC1. The lowest BCUT2D eigenvalue weighted by Crippen LogP contribution is -2.66. The van der Waals surface area contributed by atoms with Crippen molar-refractivity contribution in [2.75, 3.05) is 6.54 Å². The largest absolute Gasteiger partial charge is 0.329 e. The highest BCUT2D eigenvalue weighted by Crippen LogP contribution is 2.32. The first-order chi connectivity index (χ1) is 8.70. The Bertz CT molecular complexity index is 363. The van der Waals surface area contributed by atoms with Crippen molar-refractivity contribution in [1.29, 1.82) is 0 Å². The van der Waals surface area contributed by atoms with Crippen molar-refractivity contribution in [1.82, 2.24) is 9.80 Å². The van der Waals surface area contributed by atoms with Crippen LogP contribution in [0.4, 0.5) is 0 Å². The van der Waals surface area contributed by atoms with E-state index in [9.17, 15) is 9.59 Å². The lowest BCUT2D eigenvalue weighted by Gasteiger charge is -2.48. The van der Waals surface area contributed by atoms with E-state index in [1.807, 2.05) is 16.7 Å². The van der Waals surface area contributed by atoms with Gasteiger partial charge in [-0.25, -0.2) is 0 Å². The molecule has 2 aliphatic heterocycles. The average molecular weight is 250 g/mol. The summed E-state index contributed by atoms with van der Waals surface area (Å²) in [5, 5.41) is 0. The molecule has 0 aromatic rings. The molecule has 0 spiro atoms. The Labute approximate surface area is 108 Å². The van der Waals surface area contributed by atoms with Gasteiger partial charge in [0.15, 0.2) is 0 Å². The van der Waals surface area contributed by atoms with E-state index in [2.05, 4.69) is 0 Å². The molecule has 0 N–H and O–H groups in total. The van der Waals surface area contributed by atoms with Crippen LogP contribution in [0.15, 0.2) is 0 Å². The average Bonchev–Trinajstić information content (AvgIpc) is 2.90. The molecule has 2 atom stereocenters.